The fourth-order valence-corrected chi connectivity index (χ4v) is 2.01. The summed E-state index contributed by atoms with van der Waals surface area (Å²) >= 11 is 5.67. The first-order valence-corrected chi connectivity index (χ1v) is 6.29. The van der Waals surface area contributed by atoms with Crippen molar-refractivity contribution in [3.8, 4) is 5.75 Å². The zero-order valence-corrected chi connectivity index (χ0v) is 11.6. The zero-order chi connectivity index (χ0) is 14.7. The lowest BCUT2D eigenvalue weighted by Crippen LogP contribution is -2.08. The molecule has 2 aromatic carbocycles. The third-order valence-electron chi connectivity index (χ3n) is 2.93. The molecule has 0 radical (unpaired) electrons. The van der Waals surface area contributed by atoms with Crippen LogP contribution in [0.15, 0.2) is 36.4 Å². The van der Waals surface area contributed by atoms with Crippen LogP contribution in [0.3, 0.4) is 0 Å². The largest absolute Gasteiger partial charge is 0.497 e. The van der Waals surface area contributed by atoms with Gasteiger partial charge in [-0.05, 0) is 29.8 Å². The molecule has 0 atom stereocenters. The summed E-state index contributed by atoms with van der Waals surface area (Å²) in [5.41, 5.74) is 6.74. The van der Waals surface area contributed by atoms with E-state index in [4.69, 9.17) is 22.1 Å². The van der Waals surface area contributed by atoms with Gasteiger partial charge in [0.05, 0.1) is 7.11 Å². The minimum absolute atomic E-state index is 0.0699. The standard InChI is InChI=1S/C15H13ClFNO2/c1-20-11-4-5-12(14(18)8-11)15(19)6-9-2-3-10(16)7-13(9)17/h2-5,7-8H,6,18H2,1H3. The highest BCUT2D eigenvalue weighted by atomic mass is 35.5. The number of nitrogens with two attached hydrogens (primary N) is 1. The first-order chi connectivity index (χ1) is 9.51. The molecule has 0 aliphatic heterocycles. The molecule has 0 amide bonds. The maximum atomic E-state index is 13.7. The van der Waals surface area contributed by atoms with Gasteiger partial charge in [0.1, 0.15) is 11.6 Å². The van der Waals surface area contributed by atoms with Gasteiger partial charge >= 0.3 is 0 Å². The number of hydrogen-bond acceptors (Lipinski definition) is 3. The Balaban J connectivity index is 2.24. The van der Waals surface area contributed by atoms with E-state index in [-0.39, 0.29) is 17.8 Å². The molecular formula is C15H13ClFNO2. The molecule has 5 heteroatoms. The van der Waals surface area contributed by atoms with Crippen LogP contribution in [0.4, 0.5) is 10.1 Å². The molecule has 20 heavy (non-hydrogen) atoms. The van der Waals surface area contributed by atoms with Crippen LogP contribution in [-0.4, -0.2) is 12.9 Å². The van der Waals surface area contributed by atoms with Crippen LogP contribution in [0.1, 0.15) is 15.9 Å². The van der Waals surface area contributed by atoms with Crippen molar-refractivity contribution in [2.24, 2.45) is 0 Å². The maximum Gasteiger partial charge on any atom is 0.169 e. The normalized spacial score (nSPS) is 10.3. The van der Waals surface area contributed by atoms with E-state index < -0.39 is 5.82 Å². The van der Waals surface area contributed by atoms with Crippen LogP contribution in [0, 0.1) is 5.82 Å². The number of ketones is 1. The molecule has 0 fully saturated rings. The van der Waals surface area contributed by atoms with Crippen molar-refractivity contribution >= 4 is 23.1 Å². The summed E-state index contributed by atoms with van der Waals surface area (Å²) in [7, 11) is 1.51. The summed E-state index contributed by atoms with van der Waals surface area (Å²) in [6.07, 6.45) is -0.0699. The van der Waals surface area contributed by atoms with Crippen molar-refractivity contribution < 1.29 is 13.9 Å². The molecule has 3 nitrogen and oxygen atoms in total. The molecule has 0 bridgehead atoms. The molecule has 0 saturated heterocycles. The maximum absolute atomic E-state index is 13.7. The molecule has 0 saturated carbocycles. The van der Waals surface area contributed by atoms with Gasteiger partial charge in [-0.1, -0.05) is 17.7 Å². The Bertz CT molecular complexity index is 658. The van der Waals surface area contributed by atoms with E-state index in [0.29, 0.717) is 22.0 Å². The number of methoxy groups -OCH3 is 1. The molecule has 104 valence electrons. The van der Waals surface area contributed by atoms with Crippen molar-refractivity contribution in [1.29, 1.82) is 0 Å². The van der Waals surface area contributed by atoms with Crippen LogP contribution in [-0.2, 0) is 6.42 Å². The number of anilines is 1. The Morgan fingerprint density at radius 3 is 2.65 bits per heavy atom. The Hall–Kier alpha value is -2.07. The lowest BCUT2D eigenvalue weighted by Gasteiger charge is -2.08. The topological polar surface area (TPSA) is 52.3 Å². The smallest absolute Gasteiger partial charge is 0.169 e. The molecule has 2 N–H and O–H groups in total. The summed E-state index contributed by atoms with van der Waals surface area (Å²) < 4.78 is 18.7. The number of carbonyl (C=O) groups is 1. The second-order valence-electron chi connectivity index (χ2n) is 4.29. The summed E-state index contributed by atoms with van der Waals surface area (Å²) in [5.74, 6) is -0.193. The van der Waals surface area contributed by atoms with Gasteiger partial charge < -0.3 is 10.5 Å². The van der Waals surface area contributed by atoms with Crippen molar-refractivity contribution in [2.75, 3.05) is 12.8 Å². The van der Waals surface area contributed by atoms with Gasteiger partial charge in [0, 0.05) is 28.8 Å². The third kappa shape index (κ3) is 3.08. The van der Waals surface area contributed by atoms with E-state index in [1.165, 1.54) is 19.2 Å². The molecule has 0 aromatic heterocycles. The number of halogens is 2. The predicted molar refractivity (Wildman–Crippen MR) is 76.9 cm³/mol. The number of rotatable bonds is 4. The van der Waals surface area contributed by atoms with Gasteiger partial charge in [-0.3, -0.25) is 4.79 Å². The Morgan fingerprint density at radius 2 is 2.05 bits per heavy atom. The van der Waals surface area contributed by atoms with Gasteiger partial charge in [0.2, 0.25) is 0 Å². The van der Waals surface area contributed by atoms with Crippen LogP contribution in [0.2, 0.25) is 5.02 Å². The van der Waals surface area contributed by atoms with E-state index in [2.05, 4.69) is 0 Å². The van der Waals surface area contributed by atoms with Gasteiger partial charge in [0.15, 0.2) is 5.78 Å². The number of hydrogen-bond donors (Lipinski definition) is 1. The molecule has 0 heterocycles. The molecule has 0 spiro atoms. The highest BCUT2D eigenvalue weighted by molar-refractivity contribution is 6.30. The predicted octanol–water partition coefficient (Wildman–Crippen LogP) is 3.50. The molecule has 2 aromatic rings. The number of carbonyl (C=O) groups excluding carboxylic acids is 1. The molecule has 2 rings (SSSR count). The van der Waals surface area contributed by atoms with Crippen molar-refractivity contribution in [1.82, 2.24) is 0 Å². The molecule has 0 unspecified atom stereocenters. The van der Waals surface area contributed by atoms with Crippen LogP contribution >= 0.6 is 11.6 Å². The van der Waals surface area contributed by atoms with E-state index >= 15 is 0 Å². The lowest BCUT2D eigenvalue weighted by molar-refractivity contribution is 0.0992. The van der Waals surface area contributed by atoms with E-state index in [9.17, 15) is 9.18 Å². The summed E-state index contributed by atoms with van der Waals surface area (Å²) in [6.45, 7) is 0. The summed E-state index contributed by atoms with van der Waals surface area (Å²) in [4.78, 5) is 12.2. The van der Waals surface area contributed by atoms with Gasteiger partial charge in [-0.15, -0.1) is 0 Å². The van der Waals surface area contributed by atoms with Crippen LogP contribution in [0.5, 0.6) is 5.75 Å². The monoisotopic (exact) mass is 293 g/mol. The van der Waals surface area contributed by atoms with E-state index in [0.717, 1.165) is 0 Å². The Kier molecular flexibility index (Phi) is 4.25. The Labute approximate surface area is 121 Å². The fourth-order valence-electron chi connectivity index (χ4n) is 1.85. The van der Waals surface area contributed by atoms with Gasteiger partial charge in [0.25, 0.3) is 0 Å². The fraction of sp³-hybridized carbons (Fsp3) is 0.133. The Morgan fingerprint density at radius 1 is 1.30 bits per heavy atom. The van der Waals surface area contributed by atoms with Gasteiger partial charge in [-0.25, -0.2) is 4.39 Å². The van der Waals surface area contributed by atoms with E-state index in [1.807, 2.05) is 0 Å². The molecule has 0 aliphatic rings. The number of nitrogen functional groups attached to an aromatic ring is 1. The lowest BCUT2D eigenvalue weighted by atomic mass is 10.0. The van der Waals surface area contributed by atoms with Crippen molar-refractivity contribution in [3.05, 3.63) is 58.4 Å². The van der Waals surface area contributed by atoms with Crippen molar-refractivity contribution in [2.45, 2.75) is 6.42 Å². The van der Waals surface area contributed by atoms with Crippen molar-refractivity contribution in [3.63, 3.8) is 0 Å². The number of ether oxygens (including phenoxy) is 1. The van der Waals surface area contributed by atoms with Gasteiger partial charge in [-0.2, -0.15) is 0 Å². The first-order valence-electron chi connectivity index (χ1n) is 5.92. The molecular weight excluding hydrogens is 281 g/mol. The third-order valence-corrected chi connectivity index (χ3v) is 3.16. The second-order valence-corrected chi connectivity index (χ2v) is 4.73. The first kappa shape index (κ1) is 14.3. The summed E-state index contributed by atoms with van der Waals surface area (Å²) in [5, 5.41) is 0.294. The number of benzene rings is 2. The molecule has 0 aliphatic carbocycles. The highest BCUT2D eigenvalue weighted by Gasteiger charge is 2.14. The number of Topliss-reactive ketones (excluding diaryl/α,β-unsaturated/α-hetero) is 1. The average molecular weight is 294 g/mol. The quantitative estimate of drug-likeness (QED) is 0.693. The highest BCUT2D eigenvalue weighted by Crippen LogP contribution is 2.22. The minimum Gasteiger partial charge on any atom is -0.497 e. The SMILES string of the molecule is COc1ccc(C(=O)Cc2ccc(Cl)cc2F)c(N)c1. The second kappa shape index (κ2) is 5.92. The zero-order valence-electron chi connectivity index (χ0n) is 10.8. The average Bonchev–Trinajstić information content (AvgIpc) is 2.41. The van der Waals surface area contributed by atoms with Crippen LogP contribution < -0.4 is 10.5 Å². The minimum atomic E-state index is -0.502. The van der Waals surface area contributed by atoms with E-state index in [1.54, 1.807) is 24.3 Å². The summed E-state index contributed by atoms with van der Waals surface area (Å²) in [6, 6.07) is 9.00. The van der Waals surface area contributed by atoms with Crippen LogP contribution in [0.25, 0.3) is 0 Å².